The average molecular weight is 261 g/mol. The molecule has 0 aliphatic heterocycles. The van der Waals surface area contributed by atoms with Crippen LogP contribution in [-0.4, -0.2) is 22.3 Å². The van der Waals surface area contributed by atoms with Gasteiger partial charge >= 0.3 is 0 Å². The zero-order valence-corrected chi connectivity index (χ0v) is 11.7. The molecule has 0 amide bonds. The summed E-state index contributed by atoms with van der Waals surface area (Å²) in [6.45, 7) is 3.61. The highest BCUT2D eigenvalue weighted by Gasteiger charge is 2.05. The van der Waals surface area contributed by atoms with Crippen LogP contribution >= 0.6 is 0 Å². The van der Waals surface area contributed by atoms with Gasteiger partial charge in [0.2, 0.25) is 0 Å². The van der Waals surface area contributed by atoms with E-state index in [4.69, 9.17) is 0 Å². The minimum Gasteiger partial charge on any atom is -0.311 e. The lowest BCUT2D eigenvalue weighted by molar-refractivity contribution is 0.648. The van der Waals surface area contributed by atoms with Crippen LogP contribution in [0, 0.1) is 0 Å². The van der Waals surface area contributed by atoms with Gasteiger partial charge in [-0.05, 0) is 23.3 Å². The molecule has 0 saturated carbocycles. The van der Waals surface area contributed by atoms with E-state index in [0.29, 0.717) is 0 Å². The van der Waals surface area contributed by atoms with Crippen molar-refractivity contribution >= 4 is 21.6 Å². The normalized spacial score (nSPS) is 14.6. The van der Waals surface area contributed by atoms with Gasteiger partial charge in [-0.25, -0.2) is 0 Å². The van der Waals surface area contributed by atoms with E-state index >= 15 is 0 Å². The van der Waals surface area contributed by atoms with Crippen molar-refractivity contribution in [3.63, 3.8) is 0 Å². The smallest absolute Gasteiger partial charge is 0.0441 e. The Hall–Kier alpha value is -1.19. The van der Waals surface area contributed by atoms with Crippen LogP contribution in [0.25, 0.3) is 10.8 Å². The number of rotatable bonds is 5. The number of benzene rings is 2. The van der Waals surface area contributed by atoms with E-state index in [1.807, 2.05) is 6.92 Å². The molecule has 0 aliphatic rings. The summed E-state index contributed by atoms with van der Waals surface area (Å²) in [5.74, 6) is 0. The van der Waals surface area contributed by atoms with Crippen molar-refractivity contribution in [3.8, 4) is 0 Å². The minimum atomic E-state index is -0.758. The van der Waals surface area contributed by atoms with Gasteiger partial charge in [0, 0.05) is 35.4 Å². The zero-order chi connectivity index (χ0) is 13.0. The third-order valence-corrected chi connectivity index (χ3v) is 4.49. The highest BCUT2D eigenvalue weighted by Crippen LogP contribution is 2.18. The topological polar surface area (TPSA) is 29.1 Å². The summed E-state index contributed by atoms with van der Waals surface area (Å²) >= 11 is 0. The van der Waals surface area contributed by atoms with E-state index in [1.54, 1.807) is 6.26 Å². The zero-order valence-electron chi connectivity index (χ0n) is 10.8. The van der Waals surface area contributed by atoms with Crippen LogP contribution in [-0.2, 0) is 17.3 Å². The van der Waals surface area contributed by atoms with Crippen molar-refractivity contribution in [2.24, 2.45) is 0 Å². The van der Waals surface area contributed by atoms with Gasteiger partial charge < -0.3 is 5.32 Å². The van der Waals surface area contributed by atoms with Gasteiger partial charge in [-0.2, -0.15) is 0 Å². The van der Waals surface area contributed by atoms with Gasteiger partial charge in [0.05, 0.1) is 0 Å². The highest BCUT2D eigenvalue weighted by molar-refractivity contribution is 7.84. The van der Waals surface area contributed by atoms with Gasteiger partial charge in [-0.1, -0.05) is 42.5 Å². The maximum absolute atomic E-state index is 11.3. The molecule has 3 heteroatoms. The van der Waals surface area contributed by atoms with Crippen LogP contribution in [0.1, 0.15) is 12.5 Å². The van der Waals surface area contributed by atoms with Crippen molar-refractivity contribution in [2.45, 2.75) is 18.7 Å². The lowest BCUT2D eigenvalue weighted by Crippen LogP contribution is -2.27. The molecule has 2 atom stereocenters. The largest absolute Gasteiger partial charge is 0.311 e. The van der Waals surface area contributed by atoms with Crippen molar-refractivity contribution in [2.75, 3.05) is 12.8 Å². The van der Waals surface area contributed by atoms with Crippen molar-refractivity contribution in [1.29, 1.82) is 0 Å². The number of hydrogen-bond donors (Lipinski definition) is 1. The second-order valence-electron chi connectivity index (χ2n) is 4.58. The standard InChI is InChI=1S/C15H19NOS/c1-12(18(2)17)10-16-11-14-8-5-7-13-6-3-4-9-15(13)14/h3-9,12,16H,10-11H2,1-2H3. The predicted molar refractivity (Wildman–Crippen MR) is 79.2 cm³/mol. The monoisotopic (exact) mass is 261 g/mol. The van der Waals surface area contributed by atoms with Crippen LogP contribution in [0.3, 0.4) is 0 Å². The summed E-state index contributed by atoms with van der Waals surface area (Å²) in [5, 5.41) is 6.13. The fourth-order valence-electron chi connectivity index (χ4n) is 1.97. The molecule has 2 unspecified atom stereocenters. The van der Waals surface area contributed by atoms with Crippen molar-refractivity contribution < 1.29 is 4.21 Å². The quantitative estimate of drug-likeness (QED) is 0.896. The fourth-order valence-corrected chi connectivity index (χ4v) is 2.33. The first kappa shape index (κ1) is 13.2. The second-order valence-corrected chi connectivity index (χ2v) is 6.38. The summed E-state index contributed by atoms with van der Waals surface area (Å²) in [4.78, 5) is 0. The molecule has 0 radical (unpaired) electrons. The molecule has 0 fully saturated rings. The first-order valence-electron chi connectivity index (χ1n) is 6.18. The maximum Gasteiger partial charge on any atom is 0.0441 e. The van der Waals surface area contributed by atoms with Crippen LogP contribution in [0.5, 0.6) is 0 Å². The molecule has 18 heavy (non-hydrogen) atoms. The van der Waals surface area contributed by atoms with Crippen LogP contribution in [0.2, 0.25) is 0 Å². The van der Waals surface area contributed by atoms with Gasteiger partial charge in [-0.3, -0.25) is 4.21 Å². The maximum atomic E-state index is 11.3. The average Bonchev–Trinajstić information content (AvgIpc) is 2.38. The number of fused-ring (bicyclic) bond motifs is 1. The van der Waals surface area contributed by atoms with Crippen molar-refractivity contribution in [3.05, 3.63) is 48.0 Å². The Morgan fingerprint density at radius 3 is 2.67 bits per heavy atom. The lowest BCUT2D eigenvalue weighted by Gasteiger charge is -2.11. The minimum absolute atomic E-state index is 0.194. The second kappa shape index (κ2) is 6.12. The molecular weight excluding hydrogens is 242 g/mol. The first-order chi connectivity index (χ1) is 8.68. The Morgan fingerprint density at radius 2 is 1.89 bits per heavy atom. The summed E-state index contributed by atoms with van der Waals surface area (Å²) in [6, 6.07) is 14.7. The van der Waals surface area contributed by atoms with E-state index in [1.165, 1.54) is 16.3 Å². The summed E-state index contributed by atoms with van der Waals surface area (Å²) in [7, 11) is -0.758. The van der Waals surface area contributed by atoms with E-state index < -0.39 is 10.8 Å². The first-order valence-corrected chi connectivity index (χ1v) is 7.80. The highest BCUT2D eigenvalue weighted by atomic mass is 32.2. The molecule has 0 heterocycles. The number of hydrogen-bond acceptors (Lipinski definition) is 2. The van der Waals surface area contributed by atoms with Gasteiger partial charge in [0.1, 0.15) is 0 Å². The SMILES string of the molecule is CC(CNCc1cccc2ccccc12)S(C)=O. The summed E-state index contributed by atoms with van der Waals surface area (Å²) in [5.41, 5.74) is 1.29. The molecule has 0 aromatic heterocycles. The van der Waals surface area contributed by atoms with Crippen LogP contribution in [0.15, 0.2) is 42.5 Å². The molecule has 2 nitrogen and oxygen atoms in total. The molecule has 1 N–H and O–H groups in total. The fraction of sp³-hybridized carbons (Fsp3) is 0.333. The summed E-state index contributed by atoms with van der Waals surface area (Å²) in [6.07, 6.45) is 1.75. The molecule has 0 aliphatic carbocycles. The molecule has 0 saturated heterocycles. The third-order valence-electron chi connectivity index (χ3n) is 3.19. The van der Waals surface area contributed by atoms with Crippen molar-refractivity contribution in [1.82, 2.24) is 5.32 Å². The summed E-state index contributed by atoms with van der Waals surface area (Å²) < 4.78 is 11.3. The molecule has 2 rings (SSSR count). The van der Waals surface area contributed by atoms with E-state index in [0.717, 1.165) is 13.1 Å². The Bertz CT molecular complexity index is 548. The molecule has 2 aromatic carbocycles. The van der Waals surface area contributed by atoms with E-state index in [-0.39, 0.29) is 5.25 Å². The van der Waals surface area contributed by atoms with E-state index in [2.05, 4.69) is 47.8 Å². The molecule has 0 bridgehead atoms. The van der Waals surface area contributed by atoms with E-state index in [9.17, 15) is 4.21 Å². The number of nitrogens with one attached hydrogen (secondary N) is 1. The molecule has 96 valence electrons. The molecule has 0 spiro atoms. The van der Waals surface area contributed by atoms with Gasteiger partial charge in [0.25, 0.3) is 0 Å². The van der Waals surface area contributed by atoms with Gasteiger partial charge in [-0.15, -0.1) is 0 Å². The van der Waals surface area contributed by atoms with Crippen LogP contribution < -0.4 is 5.32 Å². The molecular formula is C15H19NOS. The Balaban J connectivity index is 2.06. The lowest BCUT2D eigenvalue weighted by atomic mass is 10.0. The molecule has 2 aromatic rings. The Labute approximate surface area is 111 Å². The van der Waals surface area contributed by atoms with Crippen LogP contribution in [0.4, 0.5) is 0 Å². The Kier molecular flexibility index (Phi) is 4.50. The van der Waals surface area contributed by atoms with Gasteiger partial charge in [0.15, 0.2) is 0 Å². The predicted octanol–water partition coefficient (Wildman–Crippen LogP) is 2.70. The third kappa shape index (κ3) is 3.18. The Morgan fingerprint density at radius 1 is 1.17 bits per heavy atom.